The van der Waals surface area contributed by atoms with Gasteiger partial charge in [0.25, 0.3) is 0 Å². The van der Waals surface area contributed by atoms with E-state index in [0.717, 1.165) is 49.1 Å². The summed E-state index contributed by atoms with van der Waals surface area (Å²) in [7, 11) is 0. The summed E-state index contributed by atoms with van der Waals surface area (Å²) in [4.78, 5) is 4.75. The van der Waals surface area contributed by atoms with Crippen LogP contribution in [0.1, 0.15) is 30.7 Å². The van der Waals surface area contributed by atoms with Gasteiger partial charge >= 0.3 is 0 Å². The van der Waals surface area contributed by atoms with Crippen LogP contribution in [0.15, 0.2) is 48.5 Å². The van der Waals surface area contributed by atoms with Crippen molar-refractivity contribution in [3.63, 3.8) is 0 Å². The quantitative estimate of drug-likeness (QED) is 0.673. The molecule has 0 saturated heterocycles. The zero-order valence-corrected chi connectivity index (χ0v) is 13.2. The third-order valence-corrected chi connectivity index (χ3v) is 4.12. The maximum absolute atomic E-state index is 14.0. The van der Waals surface area contributed by atoms with Gasteiger partial charge in [0.05, 0.1) is 17.6 Å². The highest BCUT2D eigenvalue weighted by Gasteiger charge is 2.12. The average molecular weight is 311 g/mol. The molecule has 0 atom stereocenters. The van der Waals surface area contributed by atoms with E-state index in [2.05, 4.69) is 4.57 Å². The van der Waals surface area contributed by atoms with Gasteiger partial charge < -0.3 is 10.3 Å². The molecule has 23 heavy (non-hydrogen) atoms. The summed E-state index contributed by atoms with van der Waals surface area (Å²) in [5.74, 6) is 0.853. The number of fused-ring (bicyclic) bond motifs is 1. The highest BCUT2D eigenvalue weighted by Crippen LogP contribution is 2.20. The van der Waals surface area contributed by atoms with Gasteiger partial charge in [-0.1, -0.05) is 36.8 Å². The SMILES string of the molecule is NCCCCCc1nc2ccccc2n1Cc1ccccc1F. The van der Waals surface area contributed by atoms with Crippen LogP contribution in [-0.2, 0) is 13.0 Å². The fourth-order valence-electron chi connectivity index (χ4n) is 2.89. The number of aromatic nitrogens is 2. The van der Waals surface area contributed by atoms with Crippen LogP contribution in [0.3, 0.4) is 0 Å². The van der Waals surface area contributed by atoms with Gasteiger partial charge in [0, 0.05) is 12.0 Å². The second-order valence-electron chi connectivity index (χ2n) is 5.79. The predicted molar refractivity (Wildman–Crippen MR) is 91.8 cm³/mol. The first-order chi connectivity index (χ1) is 11.3. The minimum Gasteiger partial charge on any atom is -0.330 e. The third-order valence-electron chi connectivity index (χ3n) is 4.12. The number of benzene rings is 2. The number of para-hydroxylation sites is 2. The highest BCUT2D eigenvalue weighted by atomic mass is 19.1. The van der Waals surface area contributed by atoms with Crippen molar-refractivity contribution in [3.05, 3.63) is 65.7 Å². The Morgan fingerprint density at radius 1 is 0.957 bits per heavy atom. The van der Waals surface area contributed by atoms with Crippen LogP contribution in [0.5, 0.6) is 0 Å². The molecule has 0 amide bonds. The number of nitrogens with zero attached hydrogens (tertiary/aromatic N) is 2. The molecule has 0 spiro atoms. The van der Waals surface area contributed by atoms with E-state index < -0.39 is 0 Å². The number of unbranched alkanes of at least 4 members (excludes halogenated alkanes) is 2. The molecule has 2 aromatic carbocycles. The lowest BCUT2D eigenvalue weighted by Gasteiger charge is -2.10. The van der Waals surface area contributed by atoms with Gasteiger partial charge in [-0.15, -0.1) is 0 Å². The Hall–Kier alpha value is -2.20. The molecule has 0 radical (unpaired) electrons. The minimum atomic E-state index is -0.167. The molecule has 120 valence electrons. The zero-order valence-electron chi connectivity index (χ0n) is 13.2. The van der Waals surface area contributed by atoms with E-state index in [1.54, 1.807) is 6.07 Å². The number of nitrogens with two attached hydrogens (primary N) is 1. The van der Waals surface area contributed by atoms with Crippen molar-refractivity contribution in [1.82, 2.24) is 9.55 Å². The van der Waals surface area contributed by atoms with Gasteiger partial charge in [-0.2, -0.15) is 0 Å². The lowest BCUT2D eigenvalue weighted by Crippen LogP contribution is -2.07. The van der Waals surface area contributed by atoms with Crippen molar-refractivity contribution in [3.8, 4) is 0 Å². The molecule has 3 aromatic rings. The van der Waals surface area contributed by atoms with Crippen LogP contribution in [0.25, 0.3) is 11.0 Å². The van der Waals surface area contributed by atoms with Crippen molar-refractivity contribution in [2.45, 2.75) is 32.2 Å². The zero-order chi connectivity index (χ0) is 16.1. The van der Waals surface area contributed by atoms with Crippen molar-refractivity contribution in [1.29, 1.82) is 0 Å². The minimum absolute atomic E-state index is 0.167. The summed E-state index contributed by atoms with van der Waals surface area (Å²) in [6, 6.07) is 15.0. The van der Waals surface area contributed by atoms with Gasteiger partial charge in [-0.3, -0.25) is 0 Å². The normalized spacial score (nSPS) is 11.2. The van der Waals surface area contributed by atoms with Gasteiger partial charge in [0.1, 0.15) is 11.6 Å². The molecule has 3 rings (SSSR count). The highest BCUT2D eigenvalue weighted by molar-refractivity contribution is 5.76. The third kappa shape index (κ3) is 3.59. The molecule has 0 aliphatic rings. The monoisotopic (exact) mass is 311 g/mol. The van der Waals surface area contributed by atoms with Crippen LogP contribution in [0.4, 0.5) is 4.39 Å². The van der Waals surface area contributed by atoms with Crippen molar-refractivity contribution < 1.29 is 4.39 Å². The van der Waals surface area contributed by atoms with Crippen LogP contribution >= 0.6 is 0 Å². The van der Waals surface area contributed by atoms with Crippen molar-refractivity contribution in [2.75, 3.05) is 6.54 Å². The van der Waals surface area contributed by atoms with E-state index in [4.69, 9.17) is 10.7 Å². The Kier molecular flexibility index (Phi) is 5.03. The first-order valence-corrected chi connectivity index (χ1v) is 8.17. The van der Waals surface area contributed by atoms with Crippen LogP contribution in [0.2, 0.25) is 0 Å². The molecule has 4 heteroatoms. The summed E-state index contributed by atoms with van der Waals surface area (Å²) in [6.45, 7) is 1.24. The maximum atomic E-state index is 14.0. The smallest absolute Gasteiger partial charge is 0.128 e. The lowest BCUT2D eigenvalue weighted by atomic mass is 10.1. The summed E-state index contributed by atoms with van der Waals surface area (Å²) in [6.07, 6.45) is 4.08. The largest absolute Gasteiger partial charge is 0.330 e. The Morgan fingerprint density at radius 2 is 1.74 bits per heavy atom. The number of hydrogen-bond donors (Lipinski definition) is 1. The van der Waals surface area contributed by atoms with E-state index >= 15 is 0 Å². The fourth-order valence-corrected chi connectivity index (χ4v) is 2.89. The maximum Gasteiger partial charge on any atom is 0.128 e. The molecule has 0 unspecified atom stereocenters. The van der Waals surface area contributed by atoms with Crippen molar-refractivity contribution >= 4 is 11.0 Å². The van der Waals surface area contributed by atoms with Gasteiger partial charge in [-0.05, 0) is 37.6 Å². The lowest BCUT2D eigenvalue weighted by molar-refractivity contribution is 0.592. The number of rotatable bonds is 7. The molecule has 0 fully saturated rings. The fraction of sp³-hybridized carbons (Fsp3) is 0.316. The molecular formula is C19H22FN3. The van der Waals surface area contributed by atoms with Gasteiger partial charge in [0.2, 0.25) is 0 Å². The first-order valence-electron chi connectivity index (χ1n) is 8.17. The number of imidazole rings is 1. The molecule has 0 aliphatic heterocycles. The molecule has 0 bridgehead atoms. The Labute approximate surface area is 136 Å². The number of halogens is 1. The summed E-state index contributed by atoms with van der Waals surface area (Å²) < 4.78 is 16.2. The predicted octanol–water partition coefficient (Wildman–Crippen LogP) is 3.90. The van der Waals surface area contributed by atoms with E-state index in [9.17, 15) is 4.39 Å². The number of hydrogen-bond acceptors (Lipinski definition) is 2. The molecule has 2 N–H and O–H groups in total. The average Bonchev–Trinajstić information content (AvgIpc) is 2.92. The molecule has 0 saturated carbocycles. The molecule has 1 aromatic heterocycles. The van der Waals surface area contributed by atoms with Crippen LogP contribution in [-0.4, -0.2) is 16.1 Å². The molecule has 0 aliphatic carbocycles. The second kappa shape index (κ2) is 7.38. The van der Waals surface area contributed by atoms with Gasteiger partial charge in [-0.25, -0.2) is 9.37 Å². The Balaban J connectivity index is 1.91. The second-order valence-corrected chi connectivity index (χ2v) is 5.79. The molecule has 3 nitrogen and oxygen atoms in total. The Morgan fingerprint density at radius 3 is 2.57 bits per heavy atom. The van der Waals surface area contributed by atoms with Crippen molar-refractivity contribution in [2.24, 2.45) is 5.73 Å². The van der Waals surface area contributed by atoms with E-state index in [-0.39, 0.29) is 5.82 Å². The molecule has 1 heterocycles. The van der Waals surface area contributed by atoms with Crippen LogP contribution in [0, 0.1) is 5.82 Å². The van der Waals surface area contributed by atoms with Gasteiger partial charge in [0.15, 0.2) is 0 Å². The number of aryl methyl sites for hydroxylation is 1. The topological polar surface area (TPSA) is 43.8 Å². The standard InChI is InChI=1S/C19H22FN3/c20-16-9-4-3-8-15(16)14-23-18-11-6-5-10-17(18)22-19(23)12-2-1-7-13-21/h3-6,8-11H,1-2,7,12-14,21H2. The van der Waals surface area contributed by atoms with E-state index in [0.29, 0.717) is 12.1 Å². The summed E-state index contributed by atoms with van der Waals surface area (Å²) in [5, 5.41) is 0. The molecular weight excluding hydrogens is 289 g/mol. The van der Waals surface area contributed by atoms with E-state index in [1.807, 2.05) is 36.4 Å². The first kappa shape index (κ1) is 15.7. The Bertz CT molecular complexity index is 779. The summed E-state index contributed by atoms with van der Waals surface area (Å²) >= 11 is 0. The van der Waals surface area contributed by atoms with E-state index in [1.165, 1.54) is 6.07 Å². The van der Waals surface area contributed by atoms with Crippen LogP contribution < -0.4 is 5.73 Å². The summed E-state index contributed by atoms with van der Waals surface area (Å²) in [5.41, 5.74) is 8.28.